The number of anilines is 1. The molecule has 3 aromatic rings. The number of hydrogen-bond acceptors (Lipinski definition) is 4. The first-order valence-electron chi connectivity index (χ1n) is 9.12. The number of nitrogens with one attached hydrogen (secondary N) is 2. The standard InChI is InChI=1S/C19H19N3O2.C2H7N/c1-11-12(2)22-10-15(19(23)24)14-8-9-16(13-6-4-3-5-7-13)21-17(14)18(22)20-11;1-3-2/h3-7,10,16,21H,8-9H2,1-2H3,(H,23,24);3H,1-2H3/t16-;/m0./s1. The Labute approximate surface area is 159 Å². The molecule has 0 fully saturated rings. The van der Waals surface area contributed by atoms with E-state index in [4.69, 9.17) is 0 Å². The fourth-order valence-electron chi connectivity index (χ4n) is 3.50. The molecule has 3 heterocycles. The molecule has 0 saturated heterocycles. The van der Waals surface area contributed by atoms with E-state index in [0.717, 1.165) is 41.1 Å². The summed E-state index contributed by atoms with van der Waals surface area (Å²) in [7, 11) is 3.75. The average molecular weight is 366 g/mol. The summed E-state index contributed by atoms with van der Waals surface area (Å²) in [5, 5.41) is 15.9. The van der Waals surface area contributed by atoms with Crippen molar-refractivity contribution in [1.82, 2.24) is 14.7 Å². The Hall–Kier alpha value is -2.86. The van der Waals surface area contributed by atoms with Crippen molar-refractivity contribution in [2.75, 3.05) is 19.4 Å². The van der Waals surface area contributed by atoms with Crippen LogP contribution in [0.4, 0.5) is 5.69 Å². The Morgan fingerprint density at radius 1 is 1.26 bits per heavy atom. The van der Waals surface area contributed by atoms with E-state index < -0.39 is 5.97 Å². The van der Waals surface area contributed by atoms with E-state index in [9.17, 15) is 9.90 Å². The fraction of sp³-hybridized carbons (Fsp3) is 0.333. The molecular weight excluding hydrogens is 340 g/mol. The van der Waals surface area contributed by atoms with Crippen LogP contribution in [0.5, 0.6) is 0 Å². The predicted octanol–water partition coefficient (Wildman–Crippen LogP) is 3.58. The molecule has 6 heteroatoms. The summed E-state index contributed by atoms with van der Waals surface area (Å²) in [6.07, 6.45) is 3.30. The van der Waals surface area contributed by atoms with Gasteiger partial charge in [0, 0.05) is 11.9 Å². The Morgan fingerprint density at radius 2 is 1.93 bits per heavy atom. The molecule has 0 aliphatic carbocycles. The molecule has 0 radical (unpaired) electrons. The van der Waals surface area contributed by atoms with Crippen LogP contribution in [0.1, 0.15) is 45.3 Å². The largest absolute Gasteiger partial charge is 0.478 e. The fourth-order valence-corrected chi connectivity index (χ4v) is 3.50. The van der Waals surface area contributed by atoms with Gasteiger partial charge < -0.3 is 20.1 Å². The molecular formula is C21H26N4O2. The summed E-state index contributed by atoms with van der Waals surface area (Å²) in [6.45, 7) is 3.91. The molecule has 3 N–H and O–H groups in total. The molecule has 0 spiro atoms. The monoisotopic (exact) mass is 366 g/mol. The zero-order valence-electron chi connectivity index (χ0n) is 16.2. The summed E-state index contributed by atoms with van der Waals surface area (Å²) in [5.74, 6) is -0.890. The summed E-state index contributed by atoms with van der Waals surface area (Å²) in [5.41, 5.74) is 5.98. The van der Waals surface area contributed by atoms with E-state index in [1.165, 1.54) is 5.56 Å². The predicted molar refractivity (Wildman–Crippen MR) is 108 cm³/mol. The number of aryl methyl sites for hydroxylation is 2. The lowest BCUT2D eigenvalue weighted by molar-refractivity contribution is 0.0695. The van der Waals surface area contributed by atoms with Crippen LogP contribution in [0.25, 0.3) is 5.65 Å². The van der Waals surface area contributed by atoms with Crippen molar-refractivity contribution < 1.29 is 9.90 Å². The highest BCUT2D eigenvalue weighted by Gasteiger charge is 2.27. The van der Waals surface area contributed by atoms with E-state index in [2.05, 4.69) is 27.8 Å². The van der Waals surface area contributed by atoms with Gasteiger partial charge in [0.15, 0.2) is 5.65 Å². The number of fused-ring (bicyclic) bond motifs is 3. The Balaban J connectivity index is 0.000000659. The maximum atomic E-state index is 11.7. The minimum absolute atomic E-state index is 0.170. The number of rotatable bonds is 2. The third-order valence-electron chi connectivity index (χ3n) is 4.93. The van der Waals surface area contributed by atoms with Gasteiger partial charge in [-0.2, -0.15) is 0 Å². The van der Waals surface area contributed by atoms with Gasteiger partial charge in [-0.15, -0.1) is 0 Å². The molecule has 1 aliphatic heterocycles. The number of carboxylic acid groups (broad SMARTS) is 1. The third kappa shape index (κ3) is 3.53. The molecule has 27 heavy (non-hydrogen) atoms. The van der Waals surface area contributed by atoms with E-state index in [1.807, 2.05) is 50.5 Å². The highest BCUT2D eigenvalue weighted by atomic mass is 16.4. The first-order valence-corrected chi connectivity index (χ1v) is 9.12. The van der Waals surface area contributed by atoms with Crippen molar-refractivity contribution in [1.29, 1.82) is 0 Å². The first-order chi connectivity index (χ1) is 13.0. The van der Waals surface area contributed by atoms with Crippen LogP contribution in [0.15, 0.2) is 36.5 Å². The number of nitrogens with zero attached hydrogens (tertiary/aromatic N) is 2. The average Bonchev–Trinajstić information content (AvgIpc) is 2.96. The molecule has 4 rings (SSSR count). The number of imidazole rings is 1. The van der Waals surface area contributed by atoms with Gasteiger partial charge in [0.2, 0.25) is 0 Å². The molecule has 0 amide bonds. The van der Waals surface area contributed by atoms with Crippen molar-refractivity contribution in [3.8, 4) is 0 Å². The topological polar surface area (TPSA) is 78.7 Å². The van der Waals surface area contributed by atoms with Crippen LogP contribution in [0, 0.1) is 13.8 Å². The van der Waals surface area contributed by atoms with Gasteiger partial charge in [0.05, 0.1) is 23.0 Å². The SMILES string of the molecule is CNC.Cc1nc2c3c(c(C(=O)O)cn2c1C)CC[C@@H](c1ccccc1)N3. The van der Waals surface area contributed by atoms with Crippen LogP contribution in [-0.2, 0) is 6.42 Å². The number of benzene rings is 1. The van der Waals surface area contributed by atoms with Crippen molar-refractivity contribution >= 4 is 17.3 Å². The van der Waals surface area contributed by atoms with E-state index in [0.29, 0.717) is 5.56 Å². The van der Waals surface area contributed by atoms with Gasteiger partial charge in [0.1, 0.15) is 0 Å². The van der Waals surface area contributed by atoms with Gasteiger partial charge >= 0.3 is 5.97 Å². The van der Waals surface area contributed by atoms with Gasteiger partial charge in [-0.05, 0) is 51.9 Å². The van der Waals surface area contributed by atoms with Crippen LogP contribution >= 0.6 is 0 Å². The third-order valence-corrected chi connectivity index (χ3v) is 4.93. The van der Waals surface area contributed by atoms with Crippen molar-refractivity contribution in [2.45, 2.75) is 32.7 Å². The lowest BCUT2D eigenvalue weighted by Crippen LogP contribution is -2.21. The minimum Gasteiger partial charge on any atom is -0.478 e. The van der Waals surface area contributed by atoms with Crippen molar-refractivity contribution in [3.05, 3.63) is 64.6 Å². The van der Waals surface area contributed by atoms with E-state index in [1.54, 1.807) is 6.20 Å². The second-order valence-electron chi connectivity index (χ2n) is 6.82. The maximum absolute atomic E-state index is 11.7. The Kier molecular flexibility index (Phi) is 5.46. The summed E-state index contributed by atoms with van der Waals surface area (Å²) < 4.78 is 1.89. The molecule has 1 aliphatic rings. The van der Waals surface area contributed by atoms with Gasteiger partial charge in [-0.1, -0.05) is 30.3 Å². The van der Waals surface area contributed by atoms with E-state index >= 15 is 0 Å². The highest BCUT2D eigenvalue weighted by molar-refractivity contribution is 5.94. The van der Waals surface area contributed by atoms with Gasteiger partial charge in [-0.3, -0.25) is 0 Å². The summed E-state index contributed by atoms with van der Waals surface area (Å²) >= 11 is 0. The molecule has 0 saturated carbocycles. The quantitative estimate of drug-likeness (QED) is 0.646. The zero-order chi connectivity index (χ0) is 19.6. The second-order valence-corrected chi connectivity index (χ2v) is 6.82. The normalized spacial score (nSPS) is 15.5. The number of hydrogen-bond donors (Lipinski definition) is 3. The summed E-state index contributed by atoms with van der Waals surface area (Å²) in [6, 6.07) is 10.4. The van der Waals surface area contributed by atoms with Crippen LogP contribution in [0.2, 0.25) is 0 Å². The van der Waals surface area contributed by atoms with Gasteiger partial charge in [-0.25, -0.2) is 9.78 Å². The zero-order valence-corrected chi connectivity index (χ0v) is 16.2. The van der Waals surface area contributed by atoms with Crippen molar-refractivity contribution in [2.24, 2.45) is 0 Å². The molecule has 1 atom stereocenters. The Morgan fingerprint density at radius 3 is 2.56 bits per heavy atom. The van der Waals surface area contributed by atoms with Crippen LogP contribution < -0.4 is 10.6 Å². The smallest absolute Gasteiger partial charge is 0.337 e. The lowest BCUT2D eigenvalue weighted by atomic mass is 9.91. The lowest BCUT2D eigenvalue weighted by Gasteiger charge is -2.28. The molecule has 1 aromatic carbocycles. The molecule has 2 aromatic heterocycles. The van der Waals surface area contributed by atoms with Crippen LogP contribution in [0.3, 0.4) is 0 Å². The van der Waals surface area contributed by atoms with Gasteiger partial charge in [0.25, 0.3) is 0 Å². The molecule has 0 unspecified atom stereocenters. The summed E-state index contributed by atoms with van der Waals surface area (Å²) in [4.78, 5) is 16.4. The van der Waals surface area contributed by atoms with Crippen molar-refractivity contribution in [3.63, 3.8) is 0 Å². The number of carbonyl (C=O) groups is 1. The molecule has 6 nitrogen and oxygen atoms in total. The molecule has 142 valence electrons. The maximum Gasteiger partial charge on any atom is 0.337 e. The highest BCUT2D eigenvalue weighted by Crippen LogP contribution is 2.37. The first kappa shape index (κ1) is 18.9. The van der Waals surface area contributed by atoms with Crippen LogP contribution in [-0.4, -0.2) is 34.6 Å². The Bertz CT molecular complexity index is 963. The number of aromatic nitrogens is 2. The minimum atomic E-state index is -0.890. The van der Waals surface area contributed by atoms with E-state index in [-0.39, 0.29) is 6.04 Å². The number of carboxylic acids is 1. The second kappa shape index (κ2) is 7.80. The number of aromatic carboxylic acids is 1. The number of pyridine rings is 1. The molecule has 0 bridgehead atoms.